The number of imidazole rings is 2. The molecule has 1 fully saturated rings. The van der Waals surface area contributed by atoms with Crippen molar-refractivity contribution in [3.63, 3.8) is 0 Å². The van der Waals surface area contributed by atoms with Gasteiger partial charge in [0.15, 0.2) is 11.2 Å². The number of aromatic nitrogens is 7. The van der Waals surface area contributed by atoms with E-state index in [1.54, 1.807) is 15.3 Å². The van der Waals surface area contributed by atoms with Gasteiger partial charge in [-0.1, -0.05) is 0 Å². The highest BCUT2D eigenvalue weighted by molar-refractivity contribution is 6.09. The molecule has 3 atom stereocenters. The summed E-state index contributed by atoms with van der Waals surface area (Å²) in [6.45, 7) is -0.313. The van der Waals surface area contributed by atoms with Gasteiger partial charge >= 0.3 is 0 Å². The zero-order valence-corrected chi connectivity index (χ0v) is 18.0. The van der Waals surface area contributed by atoms with Crippen molar-refractivity contribution in [1.82, 2.24) is 34.1 Å². The molecule has 0 amide bonds. The summed E-state index contributed by atoms with van der Waals surface area (Å²) in [6.07, 6.45) is 1.19. The molecular weight excluding hydrogens is 442 g/mol. The monoisotopic (exact) mass is 463 g/mol. The predicted molar refractivity (Wildman–Crippen MR) is 123 cm³/mol. The first-order chi connectivity index (χ1) is 16.4. The summed E-state index contributed by atoms with van der Waals surface area (Å²) in [6, 6.07) is 5.56. The molecule has 34 heavy (non-hydrogen) atoms. The zero-order valence-electron chi connectivity index (χ0n) is 18.0. The Labute approximate surface area is 190 Å². The maximum Gasteiger partial charge on any atom is 0.280 e. The van der Waals surface area contributed by atoms with E-state index in [4.69, 9.17) is 10.5 Å². The number of aliphatic hydroxyl groups excluding tert-OH is 2. The van der Waals surface area contributed by atoms with E-state index in [1.807, 2.05) is 25.2 Å². The first kappa shape index (κ1) is 20.5. The number of aliphatic hydroxyl groups is 2. The molecule has 5 aromatic rings. The Morgan fingerprint density at radius 3 is 2.94 bits per heavy atom. The Bertz CT molecular complexity index is 1620. The fourth-order valence-corrected chi connectivity index (χ4v) is 4.38. The minimum atomic E-state index is -0.831. The summed E-state index contributed by atoms with van der Waals surface area (Å²) in [5, 5.41) is 23.5. The number of aromatic amines is 1. The number of rotatable bonds is 4. The molecular formula is C21H21N9O4. The molecule has 1 aliphatic rings. The second-order valence-corrected chi connectivity index (χ2v) is 8.20. The highest BCUT2D eigenvalue weighted by atomic mass is 16.5. The molecule has 0 bridgehead atoms. The Morgan fingerprint density at radius 1 is 1.29 bits per heavy atom. The van der Waals surface area contributed by atoms with Crippen LogP contribution in [0.25, 0.3) is 33.1 Å². The quantitative estimate of drug-likeness (QED) is 0.252. The molecule has 13 nitrogen and oxygen atoms in total. The highest BCUT2D eigenvalue weighted by Crippen LogP contribution is 2.33. The number of hydrogen-bond donors (Lipinski definition) is 5. The topological polar surface area (TPSA) is 182 Å². The third-order valence-electron chi connectivity index (χ3n) is 6.15. The molecule has 174 valence electrons. The third kappa shape index (κ3) is 3.02. The fraction of sp³-hybridized carbons (Fsp3) is 0.286. The van der Waals surface area contributed by atoms with E-state index in [1.165, 1.54) is 6.33 Å². The third-order valence-corrected chi connectivity index (χ3v) is 6.15. The largest absolute Gasteiger partial charge is 0.394 e. The van der Waals surface area contributed by atoms with Crippen molar-refractivity contribution < 1.29 is 14.9 Å². The lowest BCUT2D eigenvalue weighted by Gasteiger charge is -2.14. The Morgan fingerprint density at radius 2 is 2.15 bits per heavy atom. The van der Waals surface area contributed by atoms with Gasteiger partial charge in [0.25, 0.3) is 5.56 Å². The van der Waals surface area contributed by atoms with E-state index >= 15 is 0 Å². The lowest BCUT2D eigenvalue weighted by Crippen LogP contribution is -2.24. The van der Waals surface area contributed by atoms with Crippen LogP contribution in [-0.4, -0.2) is 63.1 Å². The van der Waals surface area contributed by atoms with E-state index in [-0.39, 0.29) is 30.1 Å². The molecule has 5 heterocycles. The van der Waals surface area contributed by atoms with Crippen LogP contribution in [0.1, 0.15) is 12.6 Å². The van der Waals surface area contributed by atoms with Crippen molar-refractivity contribution in [1.29, 1.82) is 0 Å². The minimum Gasteiger partial charge on any atom is -0.394 e. The maximum atomic E-state index is 12.7. The van der Waals surface area contributed by atoms with Gasteiger partial charge in [-0.05, 0) is 18.2 Å². The van der Waals surface area contributed by atoms with Crippen LogP contribution >= 0.6 is 0 Å². The van der Waals surface area contributed by atoms with Crippen LogP contribution in [-0.2, 0) is 11.8 Å². The van der Waals surface area contributed by atoms with E-state index < -0.39 is 24.0 Å². The van der Waals surface area contributed by atoms with Crippen molar-refractivity contribution in [3.05, 3.63) is 41.1 Å². The van der Waals surface area contributed by atoms with Crippen molar-refractivity contribution >= 4 is 50.7 Å². The summed E-state index contributed by atoms with van der Waals surface area (Å²) in [4.78, 5) is 33.1. The number of nitrogens with zero attached hydrogens (tertiary/aromatic N) is 6. The number of pyridine rings is 1. The number of fused-ring (bicyclic) bond motifs is 4. The molecule has 1 unspecified atom stereocenters. The standard InChI is InChI=1S/C21H21N9O4/c1-29-11-5-10(15-9(3-2-4-23-15)16(11)26-20(29)22)25-21-27-18-17(19(33)28-21)24-8-30(18)14-6-12(32)13(7-31)34-14/h2-5,8,12-14,31-32H,6-7H2,1H3,(H2,22,26)(H2,25,27,28,33)/t12?,13-,14-/m1/s1. The van der Waals surface area contributed by atoms with E-state index in [0.717, 1.165) is 16.4 Å². The van der Waals surface area contributed by atoms with Gasteiger partial charge in [-0.3, -0.25) is 19.3 Å². The second kappa shape index (κ2) is 7.48. The molecule has 1 aliphatic heterocycles. The zero-order chi connectivity index (χ0) is 23.6. The van der Waals surface area contributed by atoms with E-state index in [0.29, 0.717) is 17.2 Å². The number of nitrogens with two attached hydrogens (primary N) is 1. The number of nitrogens with one attached hydrogen (secondary N) is 2. The van der Waals surface area contributed by atoms with Crippen molar-refractivity contribution in [2.75, 3.05) is 17.7 Å². The molecule has 0 spiro atoms. The molecule has 0 aliphatic carbocycles. The second-order valence-electron chi connectivity index (χ2n) is 8.20. The number of nitrogen functional groups attached to an aromatic ring is 1. The molecule has 0 radical (unpaired) electrons. The van der Waals surface area contributed by atoms with Crippen LogP contribution < -0.4 is 16.6 Å². The number of aryl methyl sites for hydroxylation is 1. The lowest BCUT2D eigenvalue weighted by molar-refractivity contribution is -0.0432. The summed E-state index contributed by atoms with van der Waals surface area (Å²) < 4.78 is 9.06. The number of anilines is 3. The normalized spacial score (nSPS) is 20.6. The van der Waals surface area contributed by atoms with Crippen LogP contribution in [0.15, 0.2) is 35.5 Å². The van der Waals surface area contributed by atoms with Gasteiger partial charge in [-0.2, -0.15) is 4.98 Å². The van der Waals surface area contributed by atoms with Gasteiger partial charge < -0.3 is 30.6 Å². The number of benzene rings is 1. The first-order valence-electron chi connectivity index (χ1n) is 10.6. The average Bonchev–Trinajstić information content (AvgIpc) is 3.50. The summed E-state index contributed by atoms with van der Waals surface area (Å²) >= 11 is 0. The number of hydrogen-bond acceptors (Lipinski definition) is 10. The first-order valence-corrected chi connectivity index (χ1v) is 10.6. The fourth-order valence-electron chi connectivity index (χ4n) is 4.38. The average molecular weight is 463 g/mol. The SMILES string of the molecule is Cn1c(N)nc2c3cccnc3c(Nc3nc4c(ncn4[C@H]4CC(O)[C@@H](CO)O4)c(=O)[nH]3)cc21. The van der Waals surface area contributed by atoms with Crippen LogP contribution in [0.2, 0.25) is 0 Å². The summed E-state index contributed by atoms with van der Waals surface area (Å²) in [5.74, 6) is 0.548. The smallest absolute Gasteiger partial charge is 0.280 e. The van der Waals surface area contributed by atoms with Crippen LogP contribution in [0.4, 0.5) is 17.6 Å². The van der Waals surface area contributed by atoms with Crippen molar-refractivity contribution in [2.24, 2.45) is 7.05 Å². The van der Waals surface area contributed by atoms with Gasteiger partial charge in [0.2, 0.25) is 11.9 Å². The Balaban J connectivity index is 1.47. The van der Waals surface area contributed by atoms with Crippen molar-refractivity contribution in [3.8, 4) is 0 Å². The molecule has 0 saturated carbocycles. The predicted octanol–water partition coefficient (Wildman–Crippen LogP) is 0.521. The molecule has 1 saturated heterocycles. The molecule has 6 N–H and O–H groups in total. The summed E-state index contributed by atoms with van der Waals surface area (Å²) in [7, 11) is 1.82. The number of ether oxygens (including phenoxy) is 1. The van der Waals surface area contributed by atoms with Gasteiger partial charge in [-0.15, -0.1) is 0 Å². The Kier molecular flexibility index (Phi) is 4.52. The van der Waals surface area contributed by atoms with Gasteiger partial charge in [0.05, 0.1) is 35.8 Å². The van der Waals surface area contributed by atoms with E-state index in [9.17, 15) is 15.0 Å². The van der Waals surface area contributed by atoms with Crippen LogP contribution in [0, 0.1) is 0 Å². The molecule has 6 rings (SSSR count). The van der Waals surface area contributed by atoms with Crippen molar-refractivity contribution in [2.45, 2.75) is 24.9 Å². The van der Waals surface area contributed by atoms with Gasteiger partial charge in [0, 0.05) is 25.1 Å². The van der Waals surface area contributed by atoms with Gasteiger partial charge in [0.1, 0.15) is 17.8 Å². The lowest BCUT2D eigenvalue weighted by atomic mass is 10.1. The van der Waals surface area contributed by atoms with Gasteiger partial charge in [-0.25, -0.2) is 9.97 Å². The van der Waals surface area contributed by atoms with Crippen LogP contribution in [0.3, 0.4) is 0 Å². The molecule has 1 aromatic carbocycles. The highest BCUT2D eigenvalue weighted by Gasteiger charge is 2.35. The minimum absolute atomic E-state index is 0.133. The summed E-state index contributed by atoms with van der Waals surface area (Å²) in [5.41, 5.74) is 8.75. The van der Waals surface area contributed by atoms with E-state index in [2.05, 4.69) is 30.2 Å². The van der Waals surface area contributed by atoms with Crippen LogP contribution in [0.5, 0.6) is 0 Å². The molecule has 4 aromatic heterocycles. The molecule has 13 heteroatoms. The maximum absolute atomic E-state index is 12.7. The number of H-pyrrole nitrogens is 1. The Hall–Kier alpha value is -4.07.